The van der Waals surface area contributed by atoms with Crippen LogP contribution in [0, 0.1) is 5.92 Å². The van der Waals surface area contributed by atoms with Crippen molar-refractivity contribution in [2.45, 2.75) is 25.1 Å². The van der Waals surface area contributed by atoms with Gasteiger partial charge in [-0.3, -0.25) is 4.79 Å². The van der Waals surface area contributed by atoms with Gasteiger partial charge in [0.2, 0.25) is 0 Å². The lowest BCUT2D eigenvalue weighted by atomic mass is 9.97. The first-order chi connectivity index (χ1) is 11.4. The summed E-state index contributed by atoms with van der Waals surface area (Å²) < 4.78 is 39.5. The zero-order chi connectivity index (χ0) is 16.9. The van der Waals surface area contributed by atoms with E-state index >= 15 is 0 Å². The number of nitrogens with one attached hydrogen (secondary N) is 1. The molecule has 1 amide bonds. The van der Waals surface area contributed by atoms with Crippen LogP contribution in [0.25, 0.3) is 10.1 Å². The van der Waals surface area contributed by atoms with E-state index in [9.17, 15) is 18.0 Å². The predicted molar refractivity (Wildman–Crippen MR) is 85.0 cm³/mol. The fraction of sp³-hybridized carbons (Fsp3) is 0.500. The summed E-state index contributed by atoms with van der Waals surface area (Å²) in [5, 5.41) is 4.04. The Balaban J connectivity index is 1.56. The Bertz CT molecular complexity index is 776. The molecule has 0 aromatic carbocycles. The van der Waals surface area contributed by atoms with E-state index in [1.165, 1.54) is 12.3 Å². The lowest BCUT2D eigenvalue weighted by Gasteiger charge is -2.30. The average molecular weight is 355 g/mol. The summed E-state index contributed by atoms with van der Waals surface area (Å²) in [6.07, 6.45) is -1.00. The molecule has 1 N–H and O–H groups in total. The van der Waals surface area contributed by atoms with Gasteiger partial charge in [0, 0.05) is 36.1 Å². The monoisotopic (exact) mass is 355 g/mol. The molecule has 4 heterocycles. The van der Waals surface area contributed by atoms with E-state index in [1.54, 1.807) is 0 Å². The number of pyridine rings is 1. The maximum Gasteiger partial charge on any atom is 0.417 e. The number of halogens is 3. The van der Waals surface area contributed by atoms with Crippen molar-refractivity contribution in [3.8, 4) is 0 Å². The van der Waals surface area contributed by atoms with Crippen molar-refractivity contribution in [2.75, 3.05) is 19.6 Å². The van der Waals surface area contributed by atoms with Crippen molar-refractivity contribution in [1.82, 2.24) is 15.2 Å². The third kappa shape index (κ3) is 2.88. The maximum atomic E-state index is 13.0. The van der Waals surface area contributed by atoms with Crippen LogP contribution >= 0.6 is 11.3 Å². The molecule has 2 aromatic heterocycles. The van der Waals surface area contributed by atoms with Crippen LogP contribution in [0.5, 0.6) is 0 Å². The second-order valence-corrected chi connectivity index (χ2v) is 7.44. The molecule has 3 atom stereocenters. The Morgan fingerprint density at radius 2 is 2.21 bits per heavy atom. The minimum Gasteiger partial charge on any atom is -0.347 e. The molecule has 2 aliphatic heterocycles. The van der Waals surface area contributed by atoms with Gasteiger partial charge in [-0.1, -0.05) is 0 Å². The molecule has 0 aliphatic carbocycles. The highest BCUT2D eigenvalue weighted by Gasteiger charge is 2.35. The Kier molecular flexibility index (Phi) is 3.76. The lowest BCUT2D eigenvalue weighted by Crippen LogP contribution is -2.47. The quantitative estimate of drug-likeness (QED) is 0.900. The molecule has 128 valence electrons. The van der Waals surface area contributed by atoms with Crippen LogP contribution in [0.2, 0.25) is 0 Å². The molecule has 1 unspecified atom stereocenters. The van der Waals surface area contributed by atoms with E-state index in [1.807, 2.05) is 0 Å². The first kappa shape index (κ1) is 15.8. The predicted octanol–water partition coefficient (Wildman–Crippen LogP) is 3.14. The van der Waals surface area contributed by atoms with Crippen molar-refractivity contribution >= 4 is 27.3 Å². The molecule has 2 bridgehead atoms. The number of aromatic nitrogens is 1. The van der Waals surface area contributed by atoms with Gasteiger partial charge in [-0.2, -0.15) is 13.2 Å². The normalized spacial score (nSPS) is 26.7. The third-order valence-corrected chi connectivity index (χ3v) is 5.73. The SMILES string of the molecule is O=C(N[C@@H]1C[C@H]2CCN(C2)C1)c1cc2c(C(F)(F)F)csc2cn1. The smallest absolute Gasteiger partial charge is 0.347 e. The van der Waals surface area contributed by atoms with E-state index in [-0.39, 0.29) is 17.1 Å². The summed E-state index contributed by atoms with van der Waals surface area (Å²) in [6.45, 7) is 2.95. The van der Waals surface area contributed by atoms with Crippen LogP contribution in [0.4, 0.5) is 13.2 Å². The van der Waals surface area contributed by atoms with Crippen LogP contribution in [-0.4, -0.2) is 41.5 Å². The second-order valence-electron chi connectivity index (χ2n) is 6.53. The van der Waals surface area contributed by atoms with Crippen molar-refractivity contribution in [3.05, 3.63) is 28.9 Å². The van der Waals surface area contributed by atoms with Gasteiger partial charge in [-0.05, 0) is 31.4 Å². The number of rotatable bonds is 2. The van der Waals surface area contributed by atoms with E-state index < -0.39 is 17.6 Å². The molecular formula is C16H16F3N3OS. The van der Waals surface area contributed by atoms with Gasteiger partial charge in [0.1, 0.15) is 5.69 Å². The first-order valence-electron chi connectivity index (χ1n) is 7.88. The topological polar surface area (TPSA) is 45.2 Å². The highest BCUT2D eigenvalue weighted by molar-refractivity contribution is 7.17. The van der Waals surface area contributed by atoms with Crippen LogP contribution in [0.15, 0.2) is 17.6 Å². The van der Waals surface area contributed by atoms with Crippen molar-refractivity contribution in [1.29, 1.82) is 0 Å². The fourth-order valence-corrected chi connectivity index (χ4v) is 4.62. The highest BCUT2D eigenvalue weighted by Crippen LogP contribution is 2.38. The number of hydrogen-bond acceptors (Lipinski definition) is 4. The molecule has 8 heteroatoms. The maximum absolute atomic E-state index is 13.0. The summed E-state index contributed by atoms with van der Waals surface area (Å²) in [4.78, 5) is 18.8. The van der Waals surface area contributed by atoms with E-state index in [0.29, 0.717) is 10.6 Å². The molecule has 4 nitrogen and oxygen atoms in total. The van der Waals surface area contributed by atoms with Crippen LogP contribution in [-0.2, 0) is 6.18 Å². The number of carbonyl (C=O) groups is 1. The van der Waals surface area contributed by atoms with Crippen LogP contribution < -0.4 is 5.32 Å². The summed E-state index contributed by atoms with van der Waals surface area (Å²) in [6, 6.07) is 1.29. The number of hydrogen-bond donors (Lipinski definition) is 1. The number of amides is 1. The van der Waals surface area contributed by atoms with Gasteiger partial charge in [0.05, 0.1) is 10.3 Å². The lowest BCUT2D eigenvalue weighted by molar-refractivity contribution is -0.136. The Morgan fingerprint density at radius 3 is 2.96 bits per heavy atom. The van der Waals surface area contributed by atoms with Crippen LogP contribution in [0.3, 0.4) is 0 Å². The second kappa shape index (κ2) is 5.70. The Morgan fingerprint density at radius 1 is 1.38 bits per heavy atom. The van der Waals surface area contributed by atoms with Gasteiger partial charge in [0.25, 0.3) is 5.91 Å². The number of fused-ring (bicyclic) bond motifs is 3. The summed E-state index contributed by atoms with van der Waals surface area (Å²) in [5.41, 5.74) is -0.667. The van der Waals surface area contributed by atoms with Crippen molar-refractivity contribution in [3.63, 3.8) is 0 Å². The van der Waals surface area contributed by atoms with Gasteiger partial charge >= 0.3 is 6.18 Å². The number of nitrogens with zero attached hydrogens (tertiary/aromatic N) is 2. The molecule has 0 spiro atoms. The fourth-order valence-electron chi connectivity index (χ4n) is 3.70. The molecule has 2 aromatic rings. The largest absolute Gasteiger partial charge is 0.417 e. The summed E-state index contributed by atoms with van der Waals surface area (Å²) >= 11 is 0.985. The van der Waals surface area contributed by atoms with Crippen molar-refractivity contribution < 1.29 is 18.0 Å². The molecule has 0 saturated carbocycles. The van der Waals surface area contributed by atoms with Gasteiger partial charge in [0.15, 0.2) is 0 Å². The molecular weight excluding hydrogens is 339 g/mol. The van der Waals surface area contributed by atoms with E-state index in [2.05, 4.69) is 15.2 Å². The number of piperidine rings is 1. The van der Waals surface area contributed by atoms with Gasteiger partial charge < -0.3 is 10.2 Å². The average Bonchev–Trinajstić information content (AvgIpc) is 3.09. The molecule has 24 heavy (non-hydrogen) atoms. The third-order valence-electron chi connectivity index (χ3n) is 4.80. The number of thiophene rings is 1. The van der Waals surface area contributed by atoms with Crippen LogP contribution in [0.1, 0.15) is 28.9 Å². The first-order valence-corrected chi connectivity index (χ1v) is 8.76. The molecule has 0 radical (unpaired) electrons. The van der Waals surface area contributed by atoms with E-state index in [0.717, 1.165) is 49.2 Å². The van der Waals surface area contributed by atoms with Gasteiger partial charge in [-0.25, -0.2) is 4.98 Å². The minimum absolute atomic E-state index is 0.0410. The summed E-state index contributed by atoms with van der Waals surface area (Å²) in [5.74, 6) is 0.205. The molecule has 2 fully saturated rings. The molecule has 4 rings (SSSR count). The Hall–Kier alpha value is -1.67. The zero-order valence-corrected chi connectivity index (χ0v) is 13.6. The number of alkyl halides is 3. The van der Waals surface area contributed by atoms with E-state index in [4.69, 9.17) is 0 Å². The standard InChI is InChI=1S/C16H16F3N3OS/c17-16(18,19)12-8-24-14-5-20-13(4-11(12)14)15(23)21-10-3-9-1-2-22(6-9)7-10/h4-5,8-10H,1-3,6-7H2,(H,21,23)/t9-,10-/m1/s1. The Labute approximate surface area is 140 Å². The van der Waals surface area contributed by atoms with Gasteiger partial charge in [-0.15, -0.1) is 11.3 Å². The molecule has 2 aliphatic rings. The number of carbonyl (C=O) groups excluding carboxylic acids is 1. The highest BCUT2D eigenvalue weighted by atomic mass is 32.1. The minimum atomic E-state index is -4.43. The molecule has 2 saturated heterocycles. The summed E-state index contributed by atoms with van der Waals surface area (Å²) in [7, 11) is 0. The zero-order valence-electron chi connectivity index (χ0n) is 12.8. The van der Waals surface area contributed by atoms with Crippen molar-refractivity contribution in [2.24, 2.45) is 5.92 Å².